The fourth-order valence-corrected chi connectivity index (χ4v) is 2.44. The molecule has 4 nitrogen and oxygen atoms in total. The smallest absolute Gasteiger partial charge is 0.418 e. The lowest BCUT2D eigenvalue weighted by atomic mass is 10.3. The third kappa shape index (κ3) is 11.6. The summed E-state index contributed by atoms with van der Waals surface area (Å²) in [6.07, 6.45) is 14.2. The summed E-state index contributed by atoms with van der Waals surface area (Å²) in [7, 11) is -1.80. The number of hydrogen-bond acceptors (Lipinski definition) is 2. The molecule has 0 radical (unpaired) electrons. The van der Waals surface area contributed by atoms with Crippen molar-refractivity contribution in [3.8, 4) is 0 Å². The van der Waals surface area contributed by atoms with Gasteiger partial charge in [0, 0.05) is 32.9 Å². The highest BCUT2D eigenvalue weighted by atomic mass is 19.5. The van der Waals surface area contributed by atoms with E-state index in [1.54, 1.807) is 0 Å². The second-order valence-corrected chi connectivity index (χ2v) is 6.68. The van der Waals surface area contributed by atoms with Crippen LogP contribution in [0.4, 0.5) is 17.3 Å². The Bertz CT molecular complexity index is 540. The summed E-state index contributed by atoms with van der Waals surface area (Å²) >= 11 is 0. The highest BCUT2D eigenvalue weighted by Crippen LogP contribution is 2.13. The maximum absolute atomic E-state index is 9.75. The Labute approximate surface area is 161 Å². The number of halogens is 4. The van der Waals surface area contributed by atoms with Gasteiger partial charge in [-0.15, -0.1) is 0 Å². The van der Waals surface area contributed by atoms with Gasteiger partial charge in [0.1, 0.15) is 12.4 Å². The molecule has 0 saturated carbocycles. The monoisotopic (exact) mass is 394 g/mol. The summed E-state index contributed by atoms with van der Waals surface area (Å²) < 4.78 is 43.4. The lowest BCUT2D eigenvalue weighted by molar-refractivity contribution is -0.677. The largest absolute Gasteiger partial charge is 0.673 e. The molecule has 0 amide bonds. The van der Waals surface area contributed by atoms with E-state index in [2.05, 4.69) is 85.5 Å². The Kier molecular flexibility index (Phi) is 11.9. The second-order valence-electron chi connectivity index (χ2n) is 6.68. The first-order chi connectivity index (χ1) is 12.5. The van der Waals surface area contributed by atoms with Gasteiger partial charge in [0.25, 0.3) is 5.82 Å². The van der Waals surface area contributed by atoms with E-state index in [0.717, 1.165) is 6.54 Å². The maximum atomic E-state index is 9.75. The molecule has 27 heavy (non-hydrogen) atoms. The summed E-state index contributed by atoms with van der Waals surface area (Å²) in [6.45, 7) is 11.2. The van der Waals surface area contributed by atoms with Crippen LogP contribution in [-0.2, 0) is 13.6 Å². The summed E-state index contributed by atoms with van der Waals surface area (Å²) in [5, 5.41) is 0. The summed E-state index contributed by atoms with van der Waals surface area (Å²) in [5.41, 5.74) is 0. The molecule has 1 aliphatic rings. The molecule has 2 heterocycles. The molecule has 1 unspecified atom stereocenters. The van der Waals surface area contributed by atoms with E-state index in [1.807, 2.05) is 0 Å². The molecule has 0 saturated heterocycles. The van der Waals surface area contributed by atoms with E-state index in [4.69, 9.17) is 0 Å². The van der Waals surface area contributed by atoms with Crippen LogP contribution in [0.2, 0.25) is 0 Å². The number of imidazole rings is 1. The van der Waals surface area contributed by atoms with Crippen LogP contribution in [-0.4, -0.2) is 41.4 Å². The molecule has 1 atom stereocenters. The Balaban J connectivity index is 0.000000405. The van der Waals surface area contributed by atoms with Gasteiger partial charge < -0.3 is 27.1 Å². The molecular formula is C18H35BF4N4. The zero-order chi connectivity index (χ0) is 21.0. The first kappa shape index (κ1) is 25.3. The molecule has 0 N–H and O–H groups in total. The average Bonchev–Trinajstić information content (AvgIpc) is 3.06. The highest BCUT2D eigenvalue weighted by Gasteiger charge is 2.20. The number of hydrogen-bond donors (Lipinski definition) is 0. The third-order valence-corrected chi connectivity index (χ3v) is 4.48. The van der Waals surface area contributed by atoms with Crippen molar-refractivity contribution in [2.75, 3.05) is 13.6 Å². The third-order valence-electron chi connectivity index (χ3n) is 4.48. The molecule has 158 valence electrons. The van der Waals surface area contributed by atoms with E-state index in [1.165, 1.54) is 38.1 Å². The number of aryl methyl sites for hydroxylation is 2. The Hall–Kier alpha value is -1.67. The molecule has 2 rings (SSSR count). The standard InChI is InChI=1S/C9H18N2.C9H17N2.BF4/c2*1-4-5-6-11-8-7-10(3)9(11)2;2-1(3,4)5/h7-9H,4-6H2,1-3H3;7-8H,4-6H2,1-3H3;/q;+1;-1. The van der Waals surface area contributed by atoms with Gasteiger partial charge in [0.15, 0.2) is 0 Å². The molecule has 0 spiro atoms. The van der Waals surface area contributed by atoms with E-state index < -0.39 is 7.25 Å². The minimum atomic E-state index is -6.00. The normalized spacial score (nSPS) is 16.0. The Morgan fingerprint density at radius 1 is 1.04 bits per heavy atom. The van der Waals surface area contributed by atoms with Crippen LogP contribution in [0.1, 0.15) is 52.3 Å². The lowest BCUT2D eigenvalue weighted by Crippen LogP contribution is -2.33. The van der Waals surface area contributed by atoms with Crippen LogP contribution in [0.5, 0.6) is 0 Å². The van der Waals surface area contributed by atoms with Crippen LogP contribution in [0.3, 0.4) is 0 Å². The first-order valence-corrected chi connectivity index (χ1v) is 9.55. The Morgan fingerprint density at radius 2 is 1.56 bits per heavy atom. The van der Waals surface area contributed by atoms with Gasteiger partial charge in [-0.25, -0.2) is 9.13 Å². The number of unbranched alkanes of at least 4 members (excludes halogenated alkanes) is 2. The van der Waals surface area contributed by atoms with Crippen LogP contribution in [0.15, 0.2) is 24.8 Å². The Morgan fingerprint density at radius 3 is 1.93 bits per heavy atom. The molecule has 0 aliphatic carbocycles. The number of aromatic nitrogens is 2. The van der Waals surface area contributed by atoms with E-state index in [-0.39, 0.29) is 0 Å². The van der Waals surface area contributed by atoms with Gasteiger partial charge in [-0.2, -0.15) is 0 Å². The van der Waals surface area contributed by atoms with Crippen LogP contribution < -0.4 is 4.57 Å². The zero-order valence-electron chi connectivity index (χ0n) is 17.5. The molecule has 0 fully saturated rings. The van der Waals surface area contributed by atoms with Crippen molar-refractivity contribution in [2.24, 2.45) is 7.05 Å². The van der Waals surface area contributed by atoms with Crippen molar-refractivity contribution in [3.63, 3.8) is 0 Å². The molecule has 1 aromatic heterocycles. The molecule has 1 aromatic rings. The zero-order valence-corrected chi connectivity index (χ0v) is 17.5. The van der Waals surface area contributed by atoms with Gasteiger partial charge in [0.05, 0.1) is 19.8 Å². The molecule has 0 bridgehead atoms. The van der Waals surface area contributed by atoms with Crippen molar-refractivity contribution in [1.82, 2.24) is 14.4 Å². The van der Waals surface area contributed by atoms with E-state index in [0.29, 0.717) is 6.17 Å². The summed E-state index contributed by atoms with van der Waals surface area (Å²) in [6, 6.07) is 0. The fraction of sp³-hybridized carbons (Fsp3) is 0.722. The molecular weight excluding hydrogens is 359 g/mol. The van der Waals surface area contributed by atoms with E-state index >= 15 is 0 Å². The van der Waals surface area contributed by atoms with Gasteiger partial charge >= 0.3 is 7.25 Å². The van der Waals surface area contributed by atoms with Crippen molar-refractivity contribution in [3.05, 3.63) is 30.6 Å². The van der Waals surface area contributed by atoms with Crippen molar-refractivity contribution in [2.45, 2.75) is 66.1 Å². The van der Waals surface area contributed by atoms with Gasteiger partial charge in [-0.3, -0.25) is 0 Å². The second kappa shape index (κ2) is 12.7. The molecule has 1 aliphatic heterocycles. The lowest BCUT2D eigenvalue weighted by Gasteiger charge is -2.26. The van der Waals surface area contributed by atoms with Crippen molar-refractivity contribution in [1.29, 1.82) is 0 Å². The fourth-order valence-electron chi connectivity index (χ4n) is 2.44. The summed E-state index contributed by atoms with van der Waals surface area (Å²) in [4.78, 5) is 4.61. The highest BCUT2D eigenvalue weighted by molar-refractivity contribution is 6.50. The SMILES string of the molecule is CCCCN1C=CN(C)C1C.CCCCn1cc[n+](C)c1C.F[B-](F)(F)F. The van der Waals surface area contributed by atoms with Crippen LogP contribution in [0.25, 0.3) is 0 Å². The molecule has 9 heteroatoms. The van der Waals surface area contributed by atoms with Crippen molar-refractivity contribution < 1.29 is 21.8 Å². The summed E-state index contributed by atoms with van der Waals surface area (Å²) in [5.74, 6) is 1.33. The van der Waals surface area contributed by atoms with E-state index in [9.17, 15) is 17.3 Å². The minimum absolute atomic E-state index is 0.557. The predicted octanol–water partition coefficient (Wildman–Crippen LogP) is 4.57. The predicted molar refractivity (Wildman–Crippen MR) is 103 cm³/mol. The number of rotatable bonds is 6. The van der Waals surface area contributed by atoms with Gasteiger partial charge in [-0.05, 0) is 19.8 Å². The first-order valence-electron chi connectivity index (χ1n) is 9.55. The van der Waals surface area contributed by atoms with Crippen LogP contribution in [0, 0.1) is 6.92 Å². The van der Waals surface area contributed by atoms with Crippen molar-refractivity contribution >= 4 is 7.25 Å². The maximum Gasteiger partial charge on any atom is 0.673 e. The topological polar surface area (TPSA) is 15.3 Å². The number of nitrogens with zero attached hydrogens (tertiary/aromatic N) is 4. The quantitative estimate of drug-likeness (QED) is 0.399. The van der Waals surface area contributed by atoms with Crippen LogP contribution >= 0.6 is 0 Å². The minimum Gasteiger partial charge on any atom is -0.418 e. The van der Waals surface area contributed by atoms with Gasteiger partial charge in [0.2, 0.25) is 0 Å². The average molecular weight is 394 g/mol. The molecule has 0 aromatic carbocycles. The van der Waals surface area contributed by atoms with Gasteiger partial charge in [-0.1, -0.05) is 26.7 Å².